The fraction of sp³-hybridized carbons (Fsp3) is 0.467. The van der Waals surface area contributed by atoms with Crippen LogP contribution in [0.4, 0.5) is 0 Å². The molecule has 0 aliphatic carbocycles. The minimum atomic E-state index is 0.507. The lowest BCUT2D eigenvalue weighted by Crippen LogP contribution is -2.35. The fourth-order valence-corrected chi connectivity index (χ4v) is 3.88. The average molecular weight is 260 g/mol. The summed E-state index contributed by atoms with van der Waals surface area (Å²) in [5.41, 5.74) is 0. The zero-order valence-corrected chi connectivity index (χ0v) is 11.8. The van der Waals surface area contributed by atoms with Gasteiger partial charge in [0.25, 0.3) is 0 Å². The molecule has 0 bridgehead atoms. The molecule has 2 aromatic rings. The molecule has 2 unspecified atom stereocenters. The number of likely N-dealkylation sites (N-methyl/N-ethyl adjacent to an activating group) is 1. The third-order valence-electron chi connectivity index (χ3n) is 4.08. The van der Waals surface area contributed by atoms with Crippen molar-refractivity contribution in [3.05, 3.63) is 35.2 Å². The molecular weight excluding hydrogens is 240 g/mol. The zero-order valence-electron chi connectivity index (χ0n) is 11.0. The van der Waals surface area contributed by atoms with Crippen LogP contribution in [0.1, 0.15) is 24.3 Å². The highest BCUT2D eigenvalue weighted by molar-refractivity contribution is 7.19. The maximum atomic E-state index is 3.45. The van der Waals surface area contributed by atoms with Crippen LogP contribution in [0, 0.1) is 0 Å². The number of fused-ring (bicyclic) bond motifs is 1. The van der Waals surface area contributed by atoms with Gasteiger partial charge in [-0.15, -0.1) is 11.3 Å². The summed E-state index contributed by atoms with van der Waals surface area (Å²) in [4.78, 5) is 4.00. The van der Waals surface area contributed by atoms with Gasteiger partial charge in [-0.25, -0.2) is 0 Å². The molecular formula is C15H20N2S. The van der Waals surface area contributed by atoms with E-state index in [1.54, 1.807) is 0 Å². The summed E-state index contributed by atoms with van der Waals surface area (Å²) in [5.74, 6) is 0. The normalized spacial score (nSPS) is 21.8. The molecule has 96 valence electrons. The summed E-state index contributed by atoms with van der Waals surface area (Å²) in [6, 6.07) is 12.2. The molecule has 0 amide bonds. The van der Waals surface area contributed by atoms with E-state index in [4.69, 9.17) is 0 Å². The summed E-state index contributed by atoms with van der Waals surface area (Å²) in [6.07, 6.45) is 1.27. The Kier molecular flexibility index (Phi) is 3.37. The molecule has 3 rings (SSSR count). The van der Waals surface area contributed by atoms with Crippen molar-refractivity contribution in [2.75, 3.05) is 20.1 Å². The van der Waals surface area contributed by atoms with Crippen molar-refractivity contribution < 1.29 is 0 Å². The topological polar surface area (TPSA) is 15.3 Å². The standard InChI is InChI=1S/C15H20N2S/c1-11(17(2)13-7-8-16-10-13)15-9-12-5-3-4-6-14(12)18-15/h3-6,9,11,13,16H,7-8,10H2,1-2H3. The van der Waals surface area contributed by atoms with Crippen molar-refractivity contribution in [3.8, 4) is 0 Å². The van der Waals surface area contributed by atoms with Gasteiger partial charge >= 0.3 is 0 Å². The van der Waals surface area contributed by atoms with Crippen LogP contribution >= 0.6 is 11.3 Å². The monoisotopic (exact) mass is 260 g/mol. The van der Waals surface area contributed by atoms with Crippen LogP contribution in [0.5, 0.6) is 0 Å². The molecule has 2 heterocycles. The molecule has 1 aromatic heterocycles. The molecule has 0 saturated carbocycles. The number of rotatable bonds is 3. The van der Waals surface area contributed by atoms with Gasteiger partial charge < -0.3 is 5.32 Å². The van der Waals surface area contributed by atoms with E-state index in [1.807, 2.05) is 11.3 Å². The van der Waals surface area contributed by atoms with Gasteiger partial charge in [-0.3, -0.25) is 4.90 Å². The molecule has 1 aromatic carbocycles. The molecule has 1 fully saturated rings. The first-order valence-corrected chi connectivity index (χ1v) is 7.48. The van der Waals surface area contributed by atoms with E-state index >= 15 is 0 Å². The third-order valence-corrected chi connectivity index (χ3v) is 5.36. The van der Waals surface area contributed by atoms with Gasteiger partial charge in [0.1, 0.15) is 0 Å². The highest BCUT2D eigenvalue weighted by Crippen LogP contribution is 2.33. The van der Waals surface area contributed by atoms with Crippen LogP contribution in [0.15, 0.2) is 30.3 Å². The minimum absolute atomic E-state index is 0.507. The zero-order chi connectivity index (χ0) is 12.5. The summed E-state index contributed by atoms with van der Waals surface area (Å²) < 4.78 is 1.40. The van der Waals surface area contributed by atoms with Gasteiger partial charge in [0.05, 0.1) is 0 Å². The number of benzene rings is 1. The lowest BCUT2D eigenvalue weighted by atomic mass is 10.1. The lowest BCUT2D eigenvalue weighted by Gasteiger charge is -2.29. The molecule has 0 radical (unpaired) electrons. The van der Waals surface area contributed by atoms with E-state index in [1.165, 1.54) is 21.4 Å². The number of hydrogen-bond acceptors (Lipinski definition) is 3. The van der Waals surface area contributed by atoms with Crippen LogP contribution in [-0.4, -0.2) is 31.1 Å². The van der Waals surface area contributed by atoms with Crippen molar-refractivity contribution in [1.82, 2.24) is 10.2 Å². The maximum Gasteiger partial charge on any atom is 0.0414 e. The first-order chi connectivity index (χ1) is 8.75. The number of nitrogens with one attached hydrogen (secondary N) is 1. The predicted molar refractivity (Wildman–Crippen MR) is 79.3 cm³/mol. The molecule has 1 aliphatic rings. The summed E-state index contributed by atoms with van der Waals surface area (Å²) >= 11 is 1.93. The van der Waals surface area contributed by atoms with Gasteiger partial charge in [-0.2, -0.15) is 0 Å². The Labute approximate surface area is 113 Å². The van der Waals surface area contributed by atoms with Crippen molar-refractivity contribution in [2.24, 2.45) is 0 Å². The van der Waals surface area contributed by atoms with Crippen LogP contribution in [-0.2, 0) is 0 Å². The van der Waals surface area contributed by atoms with Crippen molar-refractivity contribution in [1.29, 1.82) is 0 Å². The van der Waals surface area contributed by atoms with Gasteiger partial charge in [-0.05, 0) is 44.5 Å². The van der Waals surface area contributed by atoms with E-state index in [2.05, 4.69) is 54.5 Å². The molecule has 3 heteroatoms. The Morgan fingerprint density at radius 3 is 2.94 bits per heavy atom. The second-order valence-corrected chi connectivity index (χ2v) is 6.29. The molecule has 2 atom stereocenters. The average Bonchev–Trinajstić information content (AvgIpc) is 3.05. The fourth-order valence-electron chi connectivity index (χ4n) is 2.71. The first-order valence-electron chi connectivity index (χ1n) is 6.67. The number of nitrogens with zero attached hydrogens (tertiary/aromatic N) is 1. The summed E-state index contributed by atoms with van der Waals surface area (Å²) in [5, 5.41) is 4.83. The van der Waals surface area contributed by atoms with Crippen molar-refractivity contribution in [3.63, 3.8) is 0 Å². The van der Waals surface area contributed by atoms with E-state index in [0.29, 0.717) is 12.1 Å². The van der Waals surface area contributed by atoms with Gasteiger partial charge in [0.15, 0.2) is 0 Å². The maximum absolute atomic E-state index is 3.45. The number of hydrogen-bond donors (Lipinski definition) is 1. The second-order valence-electron chi connectivity index (χ2n) is 5.17. The third kappa shape index (κ3) is 2.18. The Balaban J connectivity index is 1.84. The highest BCUT2D eigenvalue weighted by atomic mass is 32.1. The van der Waals surface area contributed by atoms with Gasteiger partial charge in [0, 0.05) is 28.2 Å². The van der Waals surface area contributed by atoms with Crippen molar-refractivity contribution in [2.45, 2.75) is 25.4 Å². The molecule has 18 heavy (non-hydrogen) atoms. The molecule has 0 spiro atoms. The van der Waals surface area contributed by atoms with Crippen LogP contribution < -0.4 is 5.32 Å². The van der Waals surface area contributed by atoms with E-state index < -0.39 is 0 Å². The highest BCUT2D eigenvalue weighted by Gasteiger charge is 2.24. The molecule has 2 nitrogen and oxygen atoms in total. The predicted octanol–water partition coefficient (Wildman–Crippen LogP) is 3.26. The Morgan fingerprint density at radius 2 is 2.22 bits per heavy atom. The SMILES string of the molecule is CC(c1cc2ccccc2s1)N(C)C1CCNC1. The second kappa shape index (κ2) is 5.00. The lowest BCUT2D eigenvalue weighted by molar-refractivity contribution is 0.199. The van der Waals surface area contributed by atoms with Crippen LogP contribution in [0.25, 0.3) is 10.1 Å². The first kappa shape index (κ1) is 12.2. The summed E-state index contributed by atoms with van der Waals surface area (Å²) in [7, 11) is 2.26. The minimum Gasteiger partial charge on any atom is -0.315 e. The van der Waals surface area contributed by atoms with E-state index in [9.17, 15) is 0 Å². The smallest absolute Gasteiger partial charge is 0.0414 e. The van der Waals surface area contributed by atoms with E-state index in [0.717, 1.165) is 13.1 Å². The quantitative estimate of drug-likeness (QED) is 0.911. The molecule has 1 saturated heterocycles. The largest absolute Gasteiger partial charge is 0.315 e. The number of thiophene rings is 1. The van der Waals surface area contributed by atoms with Gasteiger partial charge in [-0.1, -0.05) is 18.2 Å². The van der Waals surface area contributed by atoms with Gasteiger partial charge in [0.2, 0.25) is 0 Å². The molecule has 1 aliphatic heterocycles. The Morgan fingerprint density at radius 1 is 1.39 bits per heavy atom. The van der Waals surface area contributed by atoms with Crippen LogP contribution in [0.2, 0.25) is 0 Å². The van der Waals surface area contributed by atoms with E-state index in [-0.39, 0.29) is 0 Å². The Hall–Kier alpha value is -0.900. The molecule has 1 N–H and O–H groups in total. The Bertz CT molecular complexity index is 495. The van der Waals surface area contributed by atoms with Crippen molar-refractivity contribution >= 4 is 21.4 Å². The van der Waals surface area contributed by atoms with Crippen LogP contribution in [0.3, 0.4) is 0 Å². The summed E-state index contributed by atoms with van der Waals surface area (Å²) in [6.45, 7) is 4.61.